The second-order valence-electron chi connectivity index (χ2n) is 4.07. The molecule has 4 heteroatoms. The molecule has 0 saturated heterocycles. The van der Waals surface area contributed by atoms with E-state index in [0.29, 0.717) is 10.6 Å². The van der Waals surface area contributed by atoms with E-state index in [1.165, 1.54) is 0 Å². The topological polar surface area (TPSA) is 38.9 Å². The van der Waals surface area contributed by atoms with E-state index in [1.54, 1.807) is 0 Å². The molecule has 0 atom stereocenters. The van der Waals surface area contributed by atoms with Crippen molar-refractivity contribution in [1.29, 1.82) is 0 Å². The largest absolute Gasteiger partial charge is 0.353 e. The lowest BCUT2D eigenvalue weighted by molar-refractivity contribution is 0.450. The van der Waals surface area contributed by atoms with Gasteiger partial charge in [-0.05, 0) is 31.4 Å². The molecule has 0 amide bonds. The fraction of sp³-hybridized carbons (Fsp3) is 0.231. The van der Waals surface area contributed by atoms with E-state index in [-0.39, 0.29) is 0 Å². The molecule has 0 unspecified atom stereocenters. The summed E-state index contributed by atoms with van der Waals surface area (Å²) in [7, 11) is 0. The van der Waals surface area contributed by atoms with E-state index >= 15 is 0 Å². The monoisotopic (exact) mass is 246 g/mol. The lowest BCUT2D eigenvalue weighted by Crippen LogP contribution is -1.91. The fourth-order valence-corrected chi connectivity index (χ4v) is 2.17. The van der Waals surface area contributed by atoms with Crippen LogP contribution >= 0.6 is 11.6 Å². The van der Waals surface area contributed by atoms with Crippen molar-refractivity contribution in [2.24, 2.45) is 0 Å². The molecular weight excluding hydrogens is 236 g/mol. The summed E-state index contributed by atoms with van der Waals surface area (Å²) < 4.78 is 5.14. The van der Waals surface area contributed by atoms with Crippen LogP contribution in [0.2, 0.25) is 5.02 Å². The first-order valence-corrected chi connectivity index (χ1v) is 5.93. The summed E-state index contributed by atoms with van der Waals surface area (Å²) in [6, 6.07) is 1.83. The summed E-state index contributed by atoms with van der Waals surface area (Å²) in [5.41, 5.74) is 4.07. The van der Waals surface area contributed by atoms with Crippen molar-refractivity contribution in [1.82, 2.24) is 10.1 Å². The molecule has 2 heterocycles. The number of halogens is 1. The maximum absolute atomic E-state index is 6.17. The summed E-state index contributed by atoms with van der Waals surface area (Å²) in [6.45, 7) is 1.87. The average molecular weight is 247 g/mol. The Hall–Kier alpha value is -1.61. The minimum Gasteiger partial charge on any atom is -0.353 e. The van der Waals surface area contributed by atoms with Gasteiger partial charge in [0.2, 0.25) is 5.58 Å². The van der Waals surface area contributed by atoms with E-state index < -0.39 is 0 Å². The molecule has 0 spiro atoms. The van der Waals surface area contributed by atoms with Crippen molar-refractivity contribution in [2.45, 2.75) is 19.8 Å². The Bertz CT molecular complexity index is 640. The highest BCUT2D eigenvalue weighted by molar-refractivity contribution is 6.34. The van der Waals surface area contributed by atoms with Crippen molar-refractivity contribution in [2.75, 3.05) is 0 Å². The molecule has 1 aliphatic carbocycles. The van der Waals surface area contributed by atoms with Crippen LogP contribution in [0.1, 0.15) is 24.2 Å². The fourth-order valence-electron chi connectivity index (χ4n) is 1.94. The number of fused-ring (bicyclic) bond motifs is 1. The zero-order chi connectivity index (χ0) is 11.8. The number of allylic oxidation sites excluding steroid dienone is 4. The maximum Gasteiger partial charge on any atom is 0.204 e. The SMILES string of the molecule is Cc1noc2c(Cl)cc(C3=CCCC=C3)nc12. The maximum atomic E-state index is 6.17. The van der Waals surface area contributed by atoms with Gasteiger partial charge in [0.25, 0.3) is 0 Å². The molecule has 3 rings (SSSR count). The Morgan fingerprint density at radius 3 is 3.00 bits per heavy atom. The first kappa shape index (κ1) is 10.5. The van der Waals surface area contributed by atoms with Gasteiger partial charge in [0.1, 0.15) is 11.2 Å². The van der Waals surface area contributed by atoms with Gasteiger partial charge < -0.3 is 4.52 Å². The van der Waals surface area contributed by atoms with Gasteiger partial charge in [-0.15, -0.1) is 0 Å². The summed E-state index contributed by atoms with van der Waals surface area (Å²) >= 11 is 6.17. The molecule has 0 radical (unpaired) electrons. The van der Waals surface area contributed by atoms with Crippen LogP contribution in [0.3, 0.4) is 0 Å². The van der Waals surface area contributed by atoms with Crippen molar-refractivity contribution in [3.8, 4) is 0 Å². The number of hydrogen-bond donors (Lipinski definition) is 0. The van der Waals surface area contributed by atoms with Gasteiger partial charge in [0, 0.05) is 0 Å². The van der Waals surface area contributed by atoms with Crippen LogP contribution in [0.5, 0.6) is 0 Å². The number of pyridine rings is 1. The Labute approximate surface area is 104 Å². The lowest BCUT2D eigenvalue weighted by atomic mass is 10.0. The molecule has 0 aliphatic heterocycles. The van der Waals surface area contributed by atoms with Crippen LogP contribution in [-0.4, -0.2) is 10.1 Å². The van der Waals surface area contributed by atoms with Crippen LogP contribution in [-0.2, 0) is 0 Å². The Balaban J connectivity index is 2.20. The standard InChI is InChI=1S/C13H11ClN2O/c1-8-12-13(17-16-8)10(14)7-11(15-12)9-5-3-2-4-6-9/h3,5-7H,2,4H2,1H3. The molecule has 2 aromatic rings. The summed E-state index contributed by atoms with van der Waals surface area (Å²) in [5, 5.41) is 4.44. The van der Waals surface area contributed by atoms with Gasteiger partial charge in [-0.1, -0.05) is 35.0 Å². The van der Waals surface area contributed by atoms with Gasteiger partial charge >= 0.3 is 0 Å². The Morgan fingerprint density at radius 2 is 2.24 bits per heavy atom. The second-order valence-corrected chi connectivity index (χ2v) is 4.48. The Morgan fingerprint density at radius 1 is 1.35 bits per heavy atom. The summed E-state index contributed by atoms with van der Waals surface area (Å²) in [4.78, 5) is 4.56. The van der Waals surface area contributed by atoms with Crippen molar-refractivity contribution in [3.05, 3.63) is 40.7 Å². The zero-order valence-corrected chi connectivity index (χ0v) is 10.2. The quantitative estimate of drug-likeness (QED) is 0.766. The molecular formula is C13H11ClN2O. The molecule has 17 heavy (non-hydrogen) atoms. The van der Waals surface area contributed by atoms with Crippen molar-refractivity contribution in [3.63, 3.8) is 0 Å². The van der Waals surface area contributed by atoms with Gasteiger partial charge in [0.05, 0.1) is 10.7 Å². The molecule has 0 N–H and O–H groups in total. The van der Waals surface area contributed by atoms with Gasteiger partial charge in [-0.2, -0.15) is 0 Å². The van der Waals surface area contributed by atoms with Gasteiger partial charge in [-0.3, -0.25) is 0 Å². The highest BCUT2D eigenvalue weighted by Gasteiger charge is 2.13. The summed E-state index contributed by atoms with van der Waals surface area (Å²) in [6.07, 6.45) is 8.54. The third kappa shape index (κ3) is 1.76. The second kappa shape index (κ2) is 4.00. The highest BCUT2D eigenvalue weighted by atomic mass is 35.5. The lowest BCUT2D eigenvalue weighted by Gasteiger charge is -2.06. The average Bonchev–Trinajstić information content (AvgIpc) is 2.73. The number of aryl methyl sites for hydroxylation is 1. The van der Waals surface area contributed by atoms with E-state index in [4.69, 9.17) is 16.1 Å². The highest BCUT2D eigenvalue weighted by Crippen LogP contribution is 2.29. The zero-order valence-electron chi connectivity index (χ0n) is 9.40. The van der Waals surface area contributed by atoms with Crippen LogP contribution < -0.4 is 0 Å². The van der Waals surface area contributed by atoms with Crippen LogP contribution in [0.15, 0.2) is 28.8 Å². The van der Waals surface area contributed by atoms with Gasteiger partial charge in [0.15, 0.2) is 0 Å². The molecule has 0 bridgehead atoms. The minimum atomic E-state index is 0.561. The Kier molecular flexibility index (Phi) is 2.48. The minimum absolute atomic E-state index is 0.561. The third-order valence-electron chi connectivity index (χ3n) is 2.84. The third-order valence-corrected chi connectivity index (χ3v) is 3.12. The van der Waals surface area contributed by atoms with Crippen LogP contribution in [0, 0.1) is 6.92 Å². The van der Waals surface area contributed by atoms with Gasteiger partial charge in [-0.25, -0.2) is 4.98 Å². The first-order valence-electron chi connectivity index (χ1n) is 5.55. The first-order chi connectivity index (χ1) is 8.25. The predicted molar refractivity (Wildman–Crippen MR) is 67.9 cm³/mol. The molecule has 0 saturated carbocycles. The normalized spacial score (nSPS) is 15.3. The van der Waals surface area contributed by atoms with Crippen molar-refractivity contribution >= 4 is 28.3 Å². The molecule has 1 aliphatic rings. The van der Waals surface area contributed by atoms with E-state index in [0.717, 1.165) is 35.3 Å². The van der Waals surface area contributed by atoms with E-state index in [2.05, 4.69) is 28.4 Å². The number of hydrogen-bond acceptors (Lipinski definition) is 3. The van der Waals surface area contributed by atoms with Crippen molar-refractivity contribution < 1.29 is 4.52 Å². The number of nitrogens with zero attached hydrogens (tertiary/aromatic N) is 2. The smallest absolute Gasteiger partial charge is 0.204 e. The number of aromatic nitrogens is 2. The van der Waals surface area contributed by atoms with E-state index in [9.17, 15) is 0 Å². The molecule has 2 aromatic heterocycles. The van der Waals surface area contributed by atoms with E-state index in [1.807, 2.05) is 13.0 Å². The molecule has 3 nitrogen and oxygen atoms in total. The van der Waals surface area contributed by atoms with Crippen LogP contribution in [0.25, 0.3) is 16.7 Å². The number of rotatable bonds is 1. The molecule has 0 fully saturated rings. The van der Waals surface area contributed by atoms with Crippen LogP contribution in [0.4, 0.5) is 0 Å². The molecule has 0 aromatic carbocycles. The molecule has 86 valence electrons. The predicted octanol–water partition coefficient (Wildman–Crippen LogP) is 3.92. The summed E-state index contributed by atoms with van der Waals surface area (Å²) in [5.74, 6) is 0.